The summed E-state index contributed by atoms with van der Waals surface area (Å²) in [5.74, 6) is -0.150. The molecule has 2 aromatic rings. The second-order valence-electron chi connectivity index (χ2n) is 3.28. The fourth-order valence-corrected chi connectivity index (χ4v) is 2.00. The Hall–Kier alpha value is -1.33. The number of anilines is 1. The number of amides is 1. The van der Waals surface area contributed by atoms with E-state index in [4.69, 9.17) is 0 Å². The highest BCUT2D eigenvalue weighted by atomic mass is 32.1. The van der Waals surface area contributed by atoms with Crippen LogP contribution in [0.3, 0.4) is 0 Å². The molecule has 0 radical (unpaired) electrons. The maximum Gasteiger partial charge on any atom is 0.257 e. The van der Waals surface area contributed by atoms with Crippen molar-refractivity contribution in [1.82, 2.24) is 4.98 Å². The molecule has 0 saturated carbocycles. The minimum Gasteiger partial charge on any atom is -0.298 e. The van der Waals surface area contributed by atoms with Crippen molar-refractivity contribution >= 4 is 35.0 Å². The third-order valence-electron chi connectivity index (χ3n) is 1.97. The van der Waals surface area contributed by atoms with E-state index in [0.717, 1.165) is 9.77 Å². The predicted octanol–water partition coefficient (Wildman–Crippen LogP) is 2.99. The first-order valence-electron chi connectivity index (χ1n) is 4.68. The predicted molar refractivity (Wildman–Crippen MR) is 68.5 cm³/mol. The van der Waals surface area contributed by atoms with Crippen LogP contribution in [0.5, 0.6) is 0 Å². The lowest BCUT2D eigenvalue weighted by Crippen LogP contribution is -2.11. The monoisotopic (exact) mass is 250 g/mol. The van der Waals surface area contributed by atoms with E-state index in [2.05, 4.69) is 22.9 Å². The van der Waals surface area contributed by atoms with Crippen LogP contribution in [0.2, 0.25) is 0 Å². The quantitative estimate of drug-likeness (QED) is 0.805. The van der Waals surface area contributed by atoms with Gasteiger partial charge in [0.15, 0.2) is 5.13 Å². The van der Waals surface area contributed by atoms with Crippen LogP contribution in [0.15, 0.2) is 35.4 Å². The number of thiol groups is 1. The second-order valence-corrected chi connectivity index (χ2v) is 5.03. The van der Waals surface area contributed by atoms with Gasteiger partial charge in [-0.1, -0.05) is 0 Å². The van der Waals surface area contributed by atoms with E-state index in [-0.39, 0.29) is 5.91 Å². The van der Waals surface area contributed by atoms with Gasteiger partial charge >= 0.3 is 0 Å². The molecular formula is C11H10N2OS2. The smallest absolute Gasteiger partial charge is 0.257 e. The van der Waals surface area contributed by atoms with Gasteiger partial charge in [0.2, 0.25) is 0 Å². The van der Waals surface area contributed by atoms with Crippen LogP contribution in [0, 0.1) is 6.92 Å². The number of nitrogens with zero attached hydrogens (tertiary/aromatic N) is 1. The number of thiazole rings is 1. The van der Waals surface area contributed by atoms with Gasteiger partial charge in [0, 0.05) is 21.5 Å². The minimum atomic E-state index is -0.150. The van der Waals surface area contributed by atoms with Crippen molar-refractivity contribution < 1.29 is 4.79 Å². The zero-order valence-corrected chi connectivity index (χ0v) is 10.3. The van der Waals surface area contributed by atoms with Crippen molar-refractivity contribution in [1.29, 1.82) is 0 Å². The Morgan fingerprint density at radius 1 is 1.38 bits per heavy atom. The van der Waals surface area contributed by atoms with Crippen LogP contribution < -0.4 is 5.32 Å². The molecule has 0 saturated heterocycles. The van der Waals surface area contributed by atoms with Gasteiger partial charge in [-0.3, -0.25) is 10.1 Å². The number of hydrogen-bond donors (Lipinski definition) is 2. The van der Waals surface area contributed by atoms with Gasteiger partial charge < -0.3 is 0 Å². The van der Waals surface area contributed by atoms with E-state index in [1.165, 1.54) is 11.3 Å². The van der Waals surface area contributed by atoms with Crippen molar-refractivity contribution in [3.05, 3.63) is 40.9 Å². The Balaban J connectivity index is 2.11. The molecule has 0 aliphatic rings. The average molecular weight is 250 g/mol. The summed E-state index contributed by atoms with van der Waals surface area (Å²) in [7, 11) is 0. The summed E-state index contributed by atoms with van der Waals surface area (Å²) in [5, 5.41) is 3.36. The van der Waals surface area contributed by atoms with Gasteiger partial charge in [0.25, 0.3) is 5.91 Å². The third-order valence-corrected chi connectivity index (χ3v) is 3.10. The molecule has 0 aliphatic heterocycles. The first kappa shape index (κ1) is 11.2. The summed E-state index contributed by atoms with van der Waals surface area (Å²) in [6.45, 7) is 1.95. The molecule has 16 heavy (non-hydrogen) atoms. The summed E-state index contributed by atoms with van der Waals surface area (Å²) >= 11 is 5.62. The number of rotatable bonds is 2. The van der Waals surface area contributed by atoms with Crippen LogP contribution in [-0.4, -0.2) is 10.9 Å². The summed E-state index contributed by atoms with van der Waals surface area (Å²) in [5.41, 5.74) is 0.602. The Kier molecular flexibility index (Phi) is 3.26. The average Bonchev–Trinajstić information content (AvgIpc) is 2.65. The third kappa shape index (κ3) is 2.62. The number of aryl methyl sites for hydroxylation is 1. The molecule has 82 valence electrons. The van der Waals surface area contributed by atoms with Gasteiger partial charge in [-0.05, 0) is 31.2 Å². The molecule has 0 spiro atoms. The Morgan fingerprint density at radius 2 is 2.06 bits per heavy atom. The van der Waals surface area contributed by atoms with Crippen molar-refractivity contribution in [2.24, 2.45) is 0 Å². The Labute approximate surface area is 103 Å². The summed E-state index contributed by atoms with van der Waals surface area (Å²) in [4.78, 5) is 17.7. The van der Waals surface area contributed by atoms with Gasteiger partial charge in [0.1, 0.15) is 0 Å². The fraction of sp³-hybridized carbons (Fsp3) is 0.0909. The van der Waals surface area contributed by atoms with Gasteiger partial charge in [-0.15, -0.1) is 24.0 Å². The van der Waals surface area contributed by atoms with Crippen LogP contribution in [0.4, 0.5) is 5.13 Å². The van der Waals surface area contributed by atoms with Crippen molar-refractivity contribution in [3.63, 3.8) is 0 Å². The van der Waals surface area contributed by atoms with Crippen molar-refractivity contribution in [3.8, 4) is 0 Å². The maximum absolute atomic E-state index is 11.8. The van der Waals surface area contributed by atoms with Gasteiger partial charge in [-0.2, -0.15) is 0 Å². The summed E-state index contributed by atoms with van der Waals surface area (Å²) in [6, 6.07) is 7.03. The van der Waals surface area contributed by atoms with Crippen LogP contribution in [0.1, 0.15) is 15.2 Å². The van der Waals surface area contributed by atoms with E-state index in [9.17, 15) is 4.79 Å². The first-order valence-corrected chi connectivity index (χ1v) is 5.94. The summed E-state index contributed by atoms with van der Waals surface area (Å²) < 4.78 is 0. The van der Waals surface area contributed by atoms with E-state index in [1.54, 1.807) is 30.5 Å². The highest BCUT2D eigenvalue weighted by Crippen LogP contribution is 2.17. The lowest BCUT2D eigenvalue weighted by molar-refractivity contribution is 0.102. The first-order chi connectivity index (χ1) is 7.65. The number of carbonyl (C=O) groups excluding carboxylic acids is 1. The Bertz CT molecular complexity index is 505. The number of hydrogen-bond acceptors (Lipinski definition) is 4. The highest BCUT2D eigenvalue weighted by molar-refractivity contribution is 7.80. The molecule has 1 aromatic carbocycles. The highest BCUT2D eigenvalue weighted by Gasteiger charge is 2.07. The van der Waals surface area contributed by atoms with E-state index < -0.39 is 0 Å². The zero-order chi connectivity index (χ0) is 11.5. The lowest BCUT2D eigenvalue weighted by Gasteiger charge is -2.01. The largest absolute Gasteiger partial charge is 0.298 e. The van der Waals surface area contributed by atoms with E-state index in [0.29, 0.717) is 10.7 Å². The molecule has 0 bridgehead atoms. The molecule has 1 N–H and O–H groups in total. The number of carbonyl (C=O) groups is 1. The normalized spacial score (nSPS) is 10.1. The molecule has 3 nitrogen and oxygen atoms in total. The molecule has 0 aliphatic carbocycles. The van der Waals surface area contributed by atoms with Crippen LogP contribution >= 0.6 is 24.0 Å². The van der Waals surface area contributed by atoms with E-state index in [1.807, 2.05) is 6.92 Å². The zero-order valence-electron chi connectivity index (χ0n) is 8.60. The fourth-order valence-electron chi connectivity index (χ4n) is 1.19. The molecule has 1 heterocycles. The number of aromatic nitrogens is 1. The number of benzene rings is 1. The Morgan fingerprint density at radius 3 is 2.62 bits per heavy atom. The molecule has 1 aromatic heterocycles. The molecule has 0 atom stereocenters. The van der Waals surface area contributed by atoms with Gasteiger partial charge in [0.05, 0.1) is 0 Å². The lowest BCUT2D eigenvalue weighted by atomic mass is 10.2. The molecule has 5 heteroatoms. The second kappa shape index (κ2) is 4.67. The van der Waals surface area contributed by atoms with Crippen LogP contribution in [-0.2, 0) is 0 Å². The molecule has 0 unspecified atom stereocenters. The topological polar surface area (TPSA) is 42.0 Å². The van der Waals surface area contributed by atoms with Crippen LogP contribution in [0.25, 0.3) is 0 Å². The SMILES string of the molecule is Cc1cnc(NC(=O)c2ccc(S)cc2)s1. The summed E-state index contributed by atoms with van der Waals surface area (Å²) in [6.07, 6.45) is 1.73. The molecule has 2 rings (SSSR count). The molecule has 0 fully saturated rings. The van der Waals surface area contributed by atoms with E-state index >= 15 is 0 Å². The van der Waals surface area contributed by atoms with Crippen molar-refractivity contribution in [2.75, 3.05) is 5.32 Å². The van der Waals surface area contributed by atoms with Crippen molar-refractivity contribution in [2.45, 2.75) is 11.8 Å². The minimum absolute atomic E-state index is 0.150. The molecule has 1 amide bonds. The van der Waals surface area contributed by atoms with Gasteiger partial charge in [-0.25, -0.2) is 4.98 Å². The number of nitrogens with one attached hydrogen (secondary N) is 1. The molecular weight excluding hydrogens is 240 g/mol. The maximum atomic E-state index is 11.8. The standard InChI is InChI=1S/C11H10N2OS2/c1-7-6-12-11(16-7)13-10(14)8-2-4-9(15)5-3-8/h2-6,15H,1H3,(H,12,13,14).